The van der Waals surface area contributed by atoms with E-state index in [4.69, 9.17) is 10.5 Å². The predicted octanol–water partition coefficient (Wildman–Crippen LogP) is 2.20. The van der Waals surface area contributed by atoms with E-state index in [0.717, 1.165) is 19.3 Å². The van der Waals surface area contributed by atoms with Crippen molar-refractivity contribution in [1.82, 2.24) is 5.32 Å². The van der Waals surface area contributed by atoms with Crippen LogP contribution in [0.2, 0.25) is 0 Å². The van der Waals surface area contributed by atoms with Gasteiger partial charge in [0.15, 0.2) is 0 Å². The lowest BCUT2D eigenvalue weighted by Crippen LogP contribution is -2.36. The Morgan fingerprint density at radius 2 is 1.91 bits per heavy atom. The second kappa shape index (κ2) is 8.51. The number of rotatable bonds is 5. The van der Waals surface area contributed by atoms with Gasteiger partial charge in [0.25, 0.3) is 0 Å². The first-order chi connectivity index (χ1) is 10.0. The minimum atomic E-state index is -0.321. The number of nitrogens with two attached hydrogens (primary N) is 1. The number of hydrogen-bond donors (Lipinski definition) is 2. The second-order valence-corrected chi connectivity index (χ2v) is 5.98. The fraction of sp³-hybridized carbons (Fsp3) is 0.588. The summed E-state index contributed by atoms with van der Waals surface area (Å²) in [5, 5.41) is 2.98. The van der Waals surface area contributed by atoms with Gasteiger partial charge in [-0.15, -0.1) is 12.4 Å². The van der Waals surface area contributed by atoms with E-state index in [1.807, 2.05) is 0 Å². The van der Waals surface area contributed by atoms with Crippen molar-refractivity contribution in [3.8, 4) is 0 Å². The van der Waals surface area contributed by atoms with E-state index in [-0.39, 0.29) is 30.5 Å². The van der Waals surface area contributed by atoms with Crippen LogP contribution in [0.4, 0.5) is 0 Å². The maximum absolute atomic E-state index is 12.0. The van der Waals surface area contributed by atoms with Crippen molar-refractivity contribution in [2.75, 3.05) is 13.1 Å². The quantitative estimate of drug-likeness (QED) is 0.872. The van der Waals surface area contributed by atoms with Crippen molar-refractivity contribution >= 4 is 18.3 Å². The zero-order valence-electron chi connectivity index (χ0n) is 13.6. The maximum Gasteiger partial charge on any atom is 0.249 e. The average molecular weight is 327 g/mol. The van der Waals surface area contributed by atoms with Crippen molar-refractivity contribution in [2.24, 2.45) is 5.73 Å². The number of nitrogens with one attached hydrogen (secondary N) is 1. The standard InChI is InChI=1S/C17H26N2O2.ClH/c1-11-8-12(2)15(13(3)9-11)6-7-19-17(20)16-5-4-14(10-18)21-16;/h8-9,14,16H,4-7,10,18H2,1-3H3,(H,19,20);1H/t14-,16+;/m1./s1. The summed E-state index contributed by atoms with van der Waals surface area (Å²) in [5.41, 5.74) is 10.8. The largest absolute Gasteiger partial charge is 0.364 e. The molecule has 0 unspecified atom stereocenters. The van der Waals surface area contributed by atoms with Gasteiger partial charge in [0.05, 0.1) is 6.10 Å². The van der Waals surface area contributed by atoms with Gasteiger partial charge in [-0.1, -0.05) is 17.7 Å². The topological polar surface area (TPSA) is 64.4 Å². The third kappa shape index (κ3) is 4.70. The molecule has 0 bridgehead atoms. The molecule has 1 heterocycles. The monoisotopic (exact) mass is 326 g/mol. The molecule has 2 atom stereocenters. The minimum absolute atomic E-state index is 0. The van der Waals surface area contributed by atoms with E-state index in [0.29, 0.717) is 13.1 Å². The molecule has 0 aromatic heterocycles. The van der Waals surface area contributed by atoms with E-state index in [1.54, 1.807) is 0 Å². The van der Waals surface area contributed by atoms with Crippen LogP contribution < -0.4 is 11.1 Å². The number of amides is 1. The van der Waals surface area contributed by atoms with E-state index in [2.05, 4.69) is 38.2 Å². The van der Waals surface area contributed by atoms with Crippen LogP contribution in [0, 0.1) is 20.8 Å². The third-order valence-corrected chi connectivity index (χ3v) is 4.18. The molecule has 1 aromatic rings. The van der Waals surface area contributed by atoms with Crippen molar-refractivity contribution in [3.05, 3.63) is 34.4 Å². The summed E-state index contributed by atoms with van der Waals surface area (Å²) in [6, 6.07) is 4.38. The molecule has 1 saturated heterocycles. The van der Waals surface area contributed by atoms with Gasteiger partial charge in [-0.3, -0.25) is 4.79 Å². The van der Waals surface area contributed by atoms with Crippen molar-refractivity contribution in [1.29, 1.82) is 0 Å². The molecule has 0 spiro atoms. The third-order valence-electron chi connectivity index (χ3n) is 4.18. The van der Waals surface area contributed by atoms with Gasteiger partial charge in [-0.05, 0) is 56.7 Å². The molecule has 1 amide bonds. The van der Waals surface area contributed by atoms with Gasteiger partial charge in [0.1, 0.15) is 6.10 Å². The highest BCUT2D eigenvalue weighted by Gasteiger charge is 2.29. The summed E-state index contributed by atoms with van der Waals surface area (Å²) < 4.78 is 5.60. The maximum atomic E-state index is 12.0. The zero-order valence-corrected chi connectivity index (χ0v) is 14.5. The highest BCUT2D eigenvalue weighted by molar-refractivity contribution is 5.85. The van der Waals surface area contributed by atoms with E-state index < -0.39 is 0 Å². The van der Waals surface area contributed by atoms with Gasteiger partial charge in [0.2, 0.25) is 5.91 Å². The number of ether oxygens (including phenoxy) is 1. The molecule has 0 radical (unpaired) electrons. The Morgan fingerprint density at radius 1 is 1.27 bits per heavy atom. The lowest BCUT2D eigenvalue weighted by molar-refractivity contribution is -0.131. The van der Waals surface area contributed by atoms with Crippen LogP contribution in [0.3, 0.4) is 0 Å². The molecule has 5 heteroatoms. The summed E-state index contributed by atoms with van der Waals surface area (Å²) in [6.07, 6.45) is 2.23. The molecule has 4 nitrogen and oxygen atoms in total. The molecule has 1 fully saturated rings. The summed E-state index contributed by atoms with van der Waals surface area (Å²) >= 11 is 0. The summed E-state index contributed by atoms with van der Waals surface area (Å²) in [5.74, 6) is -0.00614. The molecular formula is C17H27ClN2O2. The van der Waals surface area contributed by atoms with E-state index >= 15 is 0 Å². The molecule has 0 saturated carbocycles. The number of carbonyl (C=O) groups excluding carboxylic acids is 1. The minimum Gasteiger partial charge on any atom is -0.364 e. The molecule has 1 aliphatic rings. The Bertz CT molecular complexity index is 496. The SMILES string of the molecule is Cc1cc(C)c(CCNC(=O)[C@@H]2CC[C@H](CN)O2)c(C)c1.Cl. The van der Waals surface area contributed by atoms with Crippen LogP contribution in [0.5, 0.6) is 0 Å². The first-order valence-electron chi connectivity index (χ1n) is 7.71. The molecule has 2 rings (SSSR count). The average Bonchev–Trinajstić information content (AvgIpc) is 2.90. The van der Waals surface area contributed by atoms with Gasteiger partial charge >= 0.3 is 0 Å². The number of halogens is 1. The lowest BCUT2D eigenvalue weighted by atomic mass is 9.97. The van der Waals surface area contributed by atoms with E-state index in [9.17, 15) is 4.79 Å². The molecule has 0 aliphatic carbocycles. The molecule has 3 N–H and O–H groups in total. The van der Waals surface area contributed by atoms with Crippen LogP contribution in [-0.2, 0) is 16.0 Å². The molecular weight excluding hydrogens is 300 g/mol. The zero-order chi connectivity index (χ0) is 15.4. The normalized spacial score (nSPS) is 20.5. The Hall–Kier alpha value is -1.10. The molecule has 1 aliphatic heterocycles. The Labute approximate surface area is 139 Å². The number of carbonyl (C=O) groups is 1. The Kier molecular flexibility index (Phi) is 7.33. The van der Waals surface area contributed by atoms with E-state index in [1.165, 1.54) is 22.3 Å². The van der Waals surface area contributed by atoms with Gasteiger partial charge in [0, 0.05) is 13.1 Å². The van der Waals surface area contributed by atoms with Crippen LogP contribution in [0.1, 0.15) is 35.1 Å². The smallest absolute Gasteiger partial charge is 0.249 e. The highest BCUT2D eigenvalue weighted by atomic mass is 35.5. The van der Waals surface area contributed by atoms with Crippen molar-refractivity contribution in [2.45, 2.75) is 52.2 Å². The predicted molar refractivity (Wildman–Crippen MR) is 91.6 cm³/mol. The first-order valence-corrected chi connectivity index (χ1v) is 7.71. The Balaban J connectivity index is 0.00000242. The number of hydrogen-bond acceptors (Lipinski definition) is 3. The lowest BCUT2D eigenvalue weighted by Gasteiger charge is -2.14. The first kappa shape index (κ1) is 18.9. The number of aryl methyl sites for hydroxylation is 3. The molecule has 22 heavy (non-hydrogen) atoms. The van der Waals surface area contributed by atoms with Crippen molar-refractivity contribution in [3.63, 3.8) is 0 Å². The summed E-state index contributed by atoms with van der Waals surface area (Å²) in [7, 11) is 0. The van der Waals surface area contributed by atoms with Crippen LogP contribution in [0.25, 0.3) is 0 Å². The molecule has 124 valence electrons. The van der Waals surface area contributed by atoms with Gasteiger partial charge < -0.3 is 15.8 Å². The van der Waals surface area contributed by atoms with Gasteiger partial charge in [-0.25, -0.2) is 0 Å². The Morgan fingerprint density at radius 3 is 2.45 bits per heavy atom. The fourth-order valence-corrected chi connectivity index (χ4v) is 3.10. The van der Waals surface area contributed by atoms with Crippen LogP contribution in [0.15, 0.2) is 12.1 Å². The van der Waals surface area contributed by atoms with Gasteiger partial charge in [-0.2, -0.15) is 0 Å². The van der Waals surface area contributed by atoms with Crippen LogP contribution >= 0.6 is 12.4 Å². The van der Waals surface area contributed by atoms with Crippen molar-refractivity contribution < 1.29 is 9.53 Å². The molecule has 1 aromatic carbocycles. The fourth-order valence-electron chi connectivity index (χ4n) is 3.10. The highest BCUT2D eigenvalue weighted by Crippen LogP contribution is 2.19. The number of benzene rings is 1. The summed E-state index contributed by atoms with van der Waals surface area (Å²) in [4.78, 5) is 12.0. The summed E-state index contributed by atoms with van der Waals surface area (Å²) in [6.45, 7) is 7.51. The van der Waals surface area contributed by atoms with Crippen LogP contribution in [-0.4, -0.2) is 31.2 Å². The second-order valence-electron chi connectivity index (χ2n) is 5.98.